The fraction of sp³-hybridized carbons (Fsp3) is 0.214. The van der Waals surface area contributed by atoms with Crippen molar-refractivity contribution in [3.8, 4) is 11.4 Å². The molecule has 0 radical (unpaired) electrons. The number of halogens is 3. The maximum Gasteiger partial charge on any atom is 0.451 e. The summed E-state index contributed by atoms with van der Waals surface area (Å²) < 4.78 is 45.7. The van der Waals surface area contributed by atoms with Gasteiger partial charge in [0.05, 0.1) is 12.8 Å². The van der Waals surface area contributed by atoms with E-state index in [1.165, 1.54) is 25.1 Å². The maximum absolute atomic E-state index is 13.0. The van der Waals surface area contributed by atoms with Gasteiger partial charge in [0.1, 0.15) is 12.1 Å². The highest BCUT2D eigenvalue weighted by Gasteiger charge is 2.36. The lowest BCUT2D eigenvalue weighted by Crippen LogP contribution is -2.13. The van der Waals surface area contributed by atoms with Crippen LogP contribution < -0.4 is 10.1 Å². The molecule has 1 aromatic carbocycles. The molecule has 2 aromatic heterocycles. The minimum absolute atomic E-state index is 0.0102. The summed E-state index contributed by atoms with van der Waals surface area (Å²) in [7, 11) is 2.96. The number of methoxy groups -OCH3 is 1. The maximum atomic E-state index is 13.0. The molecule has 2 heterocycles. The van der Waals surface area contributed by atoms with Gasteiger partial charge in [-0.15, -0.1) is 0 Å². The van der Waals surface area contributed by atoms with Gasteiger partial charge in [0.2, 0.25) is 5.82 Å². The lowest BCUT2D eigenvalue weighted by Gasteiger charge is -2.11. The number of ether oxygens (including phenoxy) is 1. The molecule has 120 valence electrons. The summed E-state index contributed by atoms with van der Waals surface area (Å²) in [4.78, 5) is 11.2. The second-order valence-electron chi connectivity index (χ2n) is 4.60. The van der Waals surface area contributed by atoms with E-state index in [4.69, 9.17) is 4.74 Å². The fourth-order valence-corrected chi connectivity index (χ4v) is 2.21. The van der Waals surface area contributed by atoms with Gasteiger partial charge in [-0.1, -0.05) is 12.1 Å². The number of nitrogens with zero attached hydrogens (tertiary/aromatic N) is 4. The monoisotopic (exact) mass is 323 g/mol. The Hall–Kier alpha value is -2.84. The Bertz CT molecular complexity index is 859. The highest BCUT2D eigenvalue weighted by Crippen LogP contribution is 2.32. The minimum Gasteiger partial charge on any atom is -0.495 e. The molecule has 23 heavy (non-hydrogen) atoms. The molecule has 0 saturated heterocycles. The molecule has 0 amide bonds. The van der Waals surface area contributed by atoms with E-state index in [1.54, 1.807) is 24.3 Å². The second-order valence-corrected chi connectivity index (χ2v) is 4.60. The van der Waals surface area contributed by atoms with Crippen molar-refractivity contribution in [2.24, 2.45) is 0 Å². The van der Waals surface area contributed by atoms with Crippen LogP contribution in [-0.4, -0.2) is 33.7 Å². The average molecular weight is 323 g/mol. The number of para-hydroxylation sites is 2. The number of rotatable bonds is 3. The summed E-state index contributed by atoms with van der Waals surface area (Å²) in [5.41, 5.74) is 0.818. The van der Waals surface area contributed by atoms with Gasteiger partial charge in [0.15, 0.2) is 17.0 Å². The van der Waals surface area contributed by atoms with E-state index in [2.05, 4.69) is 20.3 Å². The number of anilines is 1. The summed E-state index contributed by atoms with van der Waals surface area (Å²) in [6, 6.07) is 6.91. The van der Waals surface area contributed by atoms with Crippen molar-refractivity contribution in [2.45, 2.75) is 6.18 Å². The molecule has 0 aliphatic heterocycles. The van der Waals surface area contributed by atoms with Crippen molar-refractivity contribution >= 4 is 17.0 Å². The Morgan fingerprint density at radius 1 is 1.17 bits per heavy atom. The number of benzene rings is 1. The summed E-state index contributed by atoms with van der Waals surface area (Å²) in [6.45, 7) is 0. The number of alkyl halides is 3. The molecule has 9 heteroatoms. The van der Waals surface area contributed by atoms with E-state index in [0.717, 1.165) is 0 Å². The molecule has 0 saturated carbocycles. The van der Waals surface area contributed by atoms with Crippen molar-refractivity contribution in [1.29, 1.82) is 0 Å². The average Bonchev–Trinajstić information content (AvgIpc) is 2.96. The molecule has 0 unspecified atom stereocenters. The van der Waals surface area contributed by atoms with E-state index in [-0.39, 0.29) is 17.0 Å². The van der Waals surface area contributed by atoms with Crippen LogP contribution in [0.3, 0.4) is 0 Å². The highest BCUT2D eigenvalue weighted by molar-refractivity contribution is 5.84. The lowest BCUT2D eigenvalue weighted by molar-refractivity contribution is -0.144. The van der Waals surface area contributed by atoms with E-state index >= 15 is 0 Å². The topological polar surface area (TPSA) is 64.9 Å². The molecule has 1 N–H and O–H groups in total. The predicted molar refractivity (Wildman–Crippen MR) is 77.8 cm³/mol. The fourth-order valence-electron chi connectivity index (χ4n) is 2.21. The normalized spacial score (nSPS) is 11.7. The number of aromatic nitrogens is 4. The summed E-state index contributed by atoms with van der Waals surface area (Å²) in [5, 5.41) is 2.62. The van der Waals surface area contributed by atoms with Crippen LogP contribution >= 0.6 is 0 Å². The van der Waals surface area contributed by atoms with Crippen LogP contribution in [0.4, 0.5) is 19.0 Å². The first-order valence-electron chi connectivity index (χ1n) is 6.59. The molecule has 3 aromatic rings. The van der Waals surface area contributed by atoms with E-state index in [0.29, 0.717) is 11.4 Å². The Balaban J connectivity index is 2.31. The van der Waals surface area contributed by atoms with Gasteiger partial charge in [-0.2, -0.15) is 13.2 Å². The van der Waals surface area contributed by atoms with Crippen LogP contribution in [0.5, 0.6) is 5.75 Å². The first-order chi connectivity index (χ1) is 11.0. The van der Waals surface area contributed by atoms with E-state index in [1.807, 2.05) is 0 Å². The summed E-state index contributed by atoms with van der Waals surface area (Å²) in [5.74, 6) is -0.730. The largest absolute Gasteiger partial charge is 0.495 e. The SMILES string of the molecule is CNc1nc(C(F)(F)F)nc2c1ncn2-c1ccccc1OC. The first-order valence-corrected chi connectivity index (χ1v) is 6.59. The Morgan fingerprint density at radius 2 is 1.91 bits per heavy atom. The molecule has 6 nitrogen and oxygen atoms in total. The smallest absolute Gasteiger partial charge is 0.451 e. The van der Waals surface area contributed by atoms with Gasteiger partial charge in [0.25, 0.3) is 0 Å². The van der Waals surface area contributed by atoms with Crippen LogP contribution in [0, 0.1) is 0 Å². The standard InChI is InChI=1S/C14H12F3N5O/c1-18-11-10-12(21-13(20-11)14(15,16)17)22(7-19-10)8-5-3-4-6-9(8)23-2/h3-7H,1-2H3,(H,18,20,21). The van der Waals surface area contributed by atoms with Gasteiger partial charge >= 0.3 is 6.18 Å². The molecule has 0 atom stereocenters. The number of fused-ring (bicyclic) bond motifs is 1. The van der Waals surface area contributed by atoms with Crippen LogP contribution in [0.2, 0.25) is 0 Å². The molecule has 3 rings (SSSR count). The predicted octanol–water partition coefficient (Wildman–Crippen LogP) is 2.88. The van der Waals surface area contributed by atoms with Gasteiger partial charge in [-0.3, -0.25) is 4.57 Å². The molecule has 0 spiro atoms. The number of nitrogens with one attached hydrogen (secondary N) is 1. The Morgan fingerprint density at radius 3 is 2.57 bits per heavy atom. The van der Waals surface area contributed by atoms with E-state index < -0.39 is 12.0 Å². The van der Waals surface area contributed by atoms with Crippen LogP contribution in [0.1, 0.15) is 5.82 Å². The Kier molecular flexibility index (Phi) is 3.55. The highest BCUT2D eigenvalue weighted by atomic mass is 19.4. The lowest BCUT2D eigenvalue weighted by atomic mass is 10.3. The number of hydrogen-bond acceptors (Lipinski definition) is 5. The molecule has 0 aliphatic rings. The Labute approximate surface area is 129 Å². The quantitative estimate of drug-likeness (QED) is 0.803. The zero-order valence-electron chi connectivity index (χ0n) is 12.2. The van der Waals surface area contributed by atoms with Gasteiger partial charge in [-0.05, 0) is 12.1 Å². The van der Waals surface area contributed by atoms with Crippen molar-refractivity contribution in [2.75, 3.05) is 19.5 Å². The zero-order chi connectivity index (χ0) is 16.6. The molecular formula is C14H12F3N5O. The second kappa shape index (κ2) is 5.41. The minimum atomic E-state index is -4.66. The molecule has 0 bridgehead atoms. The third-order valence-electron chi connectivity index (χ3n) is 3.23. The zero-order valence-corrected chi connectivity index (χ0v) is 12.2. The van der Waals surface area contributed by atoms with Crippen molar-refractivity contribution in [3.05, 3.63) is 36.4 Å². The summed E-state index contributed by atoms with van der Waals surface area (Å²) >= 11 is 0. The van der Waals surface area contributed by atoms with Crippen LogP contribution in [-0.2, 0) is 6.18 Å². The van der Waals surface area contributed by atoms with Crippen molar-refractivity contribution in [1.82, 2.24) is 19.5 Å². The van der Waals surface area contributed by atoms with Gasteiger partial charge in [0, 0.05) is 7.05 Å². The molecule has 0 aliphatic carbocycles. The number of imidazole rings is 1. The van der Waals surface area contributed by atoms with Crippen LogP contribution in [0.25, 0.3) is 16.9 Å². The molecule has 0 fully saturated rings. The third kappa shape index (κ3) is 2.54. The third-order valence-corrected chi connectivity index (χ3v) is 3.23. The number of hydrogen-bond donors (Lipinski definition) is 1. The van der Waals surface area contributed by atoms with Gasteiger partial charge < -0.3 is 10.1 Å². The molecular weight excluding hydrogens is 311 g/mol. The van der Waals surface area contributed by atoms with Gasteiger partial charge in [-0.25, -0.2) is 15.0 Å². The van der Waals surface area contributed by atoms with Crippen LogP contribution in [0.15, 0.2) is 30.6 Å². The van der Waals surface area contributed by atoms with Crippen molar-refractivity contribution < 1.29 is 17.9 Å². The first kappa shape index (κ1) is 15.1. The van der Waals surface area contributed by atoms with E-state index in [9.17, 15) is 13.2 Å². The summed E-state index contributed by atoms with van der Waals surface area (Å²) in [6.07, 6.45) is -3.27. The van der Waals surface area contributed by atoms with Crippen molar-refractivity contribution in [3.63, 3.8) is 0 Å².